The van der Waals surface area contributed by atoms with Gasteiger partial charge in [-0.1, -0.05) is 23.7 Å². The molecule has 4 aromatic rings. The van der Waals surface area contributed by atoms with Crippen LogP contribution in [0.4, 0.5) is 8.78 Å². The van der Waals surface area contributed by atoms with E-state index in [2.05, 4.69) is 10.0 Å². The number of sulfonamides is 1. The topological polar surface area (TPSA) is 87.7 Å². The summed E-state index contributed by atoms with van der Waals surface area (Å²) in [4.78, 5) is 0. The molecule has 0 aliphatic rings. The Morgan fingerprint density at radius 2 is 1.79 bits per heavy atom. The van der Waals surface area contributed by atoms with Crippen molar-refractivity contribution < 1.29 is 27.0 Å². The smallest absolute Gasteiger partial charge is 0.250 e. The molecular weight excluding hydrogens is 554 g/mol. The average Bonchev–Trinajstić information content (AvgIpc) is 3.19. The first kappa shape index (κ1) is 28.4. The van der Waals surface area contributed by atoms with Gasteiger partial charge in [0.05, 0.1) is 19.3 Å². The molecule has 0 radical (unpaired) electrons. The molecule has 2 unspecified atom stereocenters. The molecule has 0 amide bonds. The van der Waals surface area contributed by atoms with Crippen LogP contribution in [0.1, 0.15) is 16.7 Å². The van der Waals surface area contributed by atoms with Crippen LogP contribution in [0.25, 0.3) is 10.1 Å². The Morgan fingerprint density at radius 1 is 1.05 bits per heavy atom. The summed E-state index contributed by atoms with van der Waals surface area (Å²) in [7, 11) is -2.54. The van der Waals surface area contributed by atoms with Crippen LogP contribution in [-0.4, -0.2) is 39.3 Å². The Labute approximate surface area is 229 Å². The summed E-state index contributed by atoms with van der Waals surface area (Å²) >= 11 is 7.18. The van der Waals surface area contributed by atoms with Gasteiger partial charge < -0.3 is 15.2 Å². The molecule has 11 heteroatoms. The molecule has 38 heavy (non-hydrogen) atoms. The maximum atomic E-state index is 13.9. The summed E-state index contributed by atoms with van der Waals surface area (Å²) in [6.07, 6.45) is -1.35. The molecule has 0 saturated heterocycles. The Bertz CT molecular complexity index is 1530. The van der Waals surface area contributed by atoms with Crippen LogP contribution >= 0.6 is 22.9 Å². The lowest BCUT2D eigenvalue weighted by Gasteiger charge is -2.25. The van der Waals surface area contributed by atoms with Gasteiger partial charge in [0, 0.05) is 28.9 Å². The highest BCUT2D eigenvalue weighted by atomic mass is 35.5. The van der Waals surface area contributed by atoms with Gasteiger partial charge in [-0.3, -0.25) is 0 Å². The van der Waals surface area contributed by atoms with E-state index in [0.717, 1.165) is 39.8 Å². The fourth-order valence-electron chi connectivity index (χ4n) is 4.21. The van der Waals surface area contributed by atoms with E-state index in [1.165, 1.54) is 0 Å². The molecule has 6 nitrogen and oxygen atoms in total. The van der Waals surface area contributed by atoms with Crippen molar-refractivity contribution >= 4 is 43.0 Å². The van der Waals surface area contributed by atoms with Crippen LogP contribution in [-0.2, 0) is 23.0 Å². The largest absolute Gasteiger partial charge is 0.497 e. The molecule has 0 bridgehead atoms. The van der Waals surface area contributed by atoms with E-state index in [0.29, 0.717) is 28.3 Å². The number of hydrogen-bond acceptors (Lipinski definition) is 6. The number of aliphatic hydroxyl groups excluding tert-OH is 1. The van der Waals surface area contributed by atoms with E-state index < -0.39 is 33.8 Å². The number of ether oxygens (including phenoxy) is 1. The minimum Gasteiger partial charge on any atom is -0.497 e. The van der Waals surface area contributed by atoms with Crippen LogP contribution < -0.4 is 14.8 Å². The van der Waals surface area contributed by atoms with Gasteiger partial charge in [0.2, 0.25) is 0 Å². The van der Waals surface area contributed by atoms with E-state index in [1.807, 2.05) is 24.3 Å². The summed E-state index contributed by atoms with van der Waals surface area (Å²) < 4.78 is 63.3. The third kappa shape index (κ3) is 6.88. The van der Waals surface area contributed by atoms with Crippen LogP contribution in [0.5, 0.6) is 5.75 Å². The highest BCUT2D eigenvalue weighted by molar-refractivity contribution is 7.91. The van der Waals surface area contributed by atoms with Crippen molar-refractivity contribution in [2.24, 2.45) is 0 Å². The molecule has 1 aromatic heterocycles. The van der Waals surface area contributed by atoms with Crippen molar-refractivity contribution in [1.29, 1.82) is 0 Å². The quantitative estimate of drug-likeness (QED) is 0.227. The molecular formula is C27H27ClF2N2O4S2. The second-order valence-electron chi connectivity index (χ2n) is 8.91. The van der Waals surface area contributed by atoms with E-state index in [1.54, 1.807) is 32.2 Å². The molecule has 0 spiro atoms. The summed E-state index contributed by atoms with van der Waals surface area (Å²) in [5.74, 6) is -0.891. The van der Waals surface area contributed by atoms with E-state index in [-0.39, 0.29) is 22.7 Å². The fraction of sp³-hybridized carbons (Fsp3) is 0.259. The van der Waals surface area contributed by atoms with E-state index >= 15 is 0 Å². The van der Waals surface area contributed by atoms with Crippen molar-refractivity contribution in [1.82, 2.24) is 10.0 Å². The van der Waals surface area contributed by atoms with Gasteiger partial charge in [-0.25, -0.2) is 21.9 Å². The number of nitrogens with one attached hydrogen (secondary N) is 2. The van der Waals surface area contributed by atoms with Crippen molar-refractivity contribution in [2.45, 2.75) is 36.2 Å². The lowest BCUT2D eigenvalue weighted by atomic mass is 10.0. The van der Waals surface area contributed by atoms with E-state index in [9.17, 15) is 22.3 Å². The van der Waals surface area contributed by atoms with Gasteiger partial charge in [-0.05, 0) is 77.9 Å². The minimum atomic E-state index is -4.10. The van der Waals surface area contributed by atoms with Gasteiger partial charge in [-0.2, -0.15) is 0 Å². The fourth-order valence-corrected chi connectivity index (χ4v) is 7.41. The molecule has 0 saturated carbocycles. The number of rotatable bonds is 11. The average molecular weight is 581 g/mol. The lowest BCUT2D eigenvalue weighted by molar-refractivity contribution is 0.134. The molecule has 0 aliphatic carbocycles. The SMILES string of the molecule is COc1cccc(CNCC(O)C(Cc2cc(F)cc(F)c2)NS(=O)(=O)c2sc3ccc(Cl)cc3c2C)c1. The molecule has 3 N–H and O–H groups in total. The predicted octanol–water partition coefficient (Wildman–Crippen LogP) is 5.19. The zero-order chi connectivity index (χ0) is 27.4. The standard InChI is InChI=1S/C27H27ClF2N2O4S2/c1-16-23-12-19(28)6-7-26(23)37-27(16)38(34,35)32-24(11-18-8-20(29)13-21(30)9-18)25(33)15-31-14-17-4-3-5-22(10-17)36-2/h3-10,12-13,24-25,31-33H,11,14-15H2,1-2H3. The maximum absolute atomic E-state index is 13.9. The summed E-state index contributed by atoms with van der Waals surface area (Å²) in [6.45, 7) is 2.09. The highest BCUT2D eigenvalue weighted by Gasteiger charge is 2.29. The monoisotopic (exact) mass is 580 g/mol. The molecule has 1 heterocycles. The Balaban J connectivity index is 1.57. The predicted molar refractivity (Wildman–Crippen MR) is 146 cm³/mol. The van der Waals surface area contributed by atoms with Crippen LogP contribution in [0.15, 0.2) is 64.9 Å². The van der Waals surface area contributed by atoms with Gasteiger partial charge in [-0.15, -0.1) is 11.3 Å². The second-order valence-corrected chi connectivity index (χ2v) is 12.3. The number of hydrogen-bond donors (Lipinski definition) is 3. The first-order chi connectivity index (χ1) is 18.1. The van der Waals surface area contributed by atoms with Crippen LogP contribution in [0.2, 0.25) is 5.02 Å². The van der Waals surface area contributed by atoms with Crippen molar-refractivity contribution in [2.75, 3.05) is 13.7 Å². The summed E-state index contributed by atoms with van der Waals surface area (Å²) in [6, 6.07) is 14.4. The third-order valence-corrected chi connectivity index (χ3v) is 9.68. The zero-order valence-corrected chi connectivity index (χ0v) is 23.1. The number of aryl methyl sites for hydroxylation is 1. The first-order valence-corrected chi connectivity index (χ1v) is 14.4. The number of aliphatic hydroxyl groups is 1. The Morgan fingerprint density at radius 3 is 2.50 bits per heavy atom. The first-order valence-electron chi connectivity index (χ1n) is 11.7. The molecule has 3 aromatic carbocycles. The van der Waals surface area contributed by atoms with Crippen LogP contribution in [0, 0.1) is 18.6 Å². The van der Waals surface area contributed by atoms with Gasteiger partial charge in [0.25, 0.3) is 10.0 Å². The zero-order valence-electron chi connectivity index (χ0n) is 20.7. The van der Waals surface area contributed by atoms with Gasteiger partial charge in [0.1, 0.15) is 21.6 Å². The summed E-state index contributed by atoms with van der Waals surface area (Å²) in [5.41, 5.74) is 1.64. The number of methoxy groups -OCH3 is 1. The van der Waals surface area contributed by atoms with E-state index in [4.69, 9.17) is 16.3 Å². The van der Waals surface area contributed by atoms with Crippen molar-refractivity contribution in [3.05, 3.63) is 94.0 Å². The maximum Gasteiger partial charge on any atom is 0.250 e. The Hall–Kier alpha value is -2.60. The normalized spacial score (nSPS) is 13.5. The molecule has 0 fully saturated rings. The van der Waals surface area contributed by atoms with Gasteiger partial charge >= 0.3 is 0 Å². The summed E-state index contributed by atoms with van der Waals surface area (Å²) in [5, 5.41) is 15.3. The molecule has 4 rings (SSSR count). The molecule has 202 valence electrons. The van der Waals surface area contributed by atoms with Crippen molar-refractivity contribution in [3.63, 3.8) is 0 Å². The van der Waals surface area contributed by atoms with Gasteiger partial charge in [0.15, 0.2) is 0 Å². The Kier molecular flexibility index (Phi) is 9.02. The minimum absolute atomic E-state index is 0.0171. The second kappa shape index (κ2) is 12.1. The number of halogens is 3. The van der Waals surface area contributed by atoms with Crippen LogP contribution in [0.3, 0.4) is 0 Å². The molecule has 0 aliphatic heterocycles. The number of thiophene rings is 1. The number of fused-ring (bicyclic) bond motifs is 1. The number of benzene rings is 3. The third-order valence-electron chi connectivity index (χ3n) is 6.06. The van der Waals surface area contributed by atoms with Crippen molar-refractivity contribution in [3.8, 4) is 5.75 Å². The highest BCUT2D eigenvalue weighted by Crippen LogP contribution is 2.35. The molecule has 2 atom stereocenters. The lowest BCUT2D eigenvalue weighted by Crippen LogP contribution is -2.48.